The van der Waals surface area contributed by atoms with Crippen LogP contribution in [0.5, 0.6) is 0 Å². The molecule has 4 nitrogen and oxygen atoms in total. The van der Waals surface area contributed by atoms with Gasteiger partial charge in [0.25, 0.3) is 0 Å². The van der Waals surface area contributed by atoms with E-state index in [0.29, 0.717) is 0 Å². The van der Waals surface area contributed by atoms with Crippen molar-refractivity contribution in [3.05, 3.63) is 13.8 Å². The Balaban J connectivity index is -0.000000372. The van der Waals surface area contributed by atoms with Gasteiger partial charge >= 0.3 is 31.4 Å². The smallest absolute Gasteiger partial charge is 0.462 e. The Bertz CT molecular complexity index is 331. The molecule has 0 aromatic heterocycles. The van der Waals surface area contributed by atoms with Crippen LogP contribution in [-0.2, 0) is 38.5 Å². The van der Waals surface area contributed by atoms with Gasteiger partial charge in [0, 0.05) is 0 Å². The molecule has 0 aliphatic carbocycles. The van der Waals surface area contributed by atoms with Gasteiger partial charge < -0.3 is 23.3 Å². The summed E-state index contributed by atoms with van der Waals surface area (Å²) in [6.45, 7) is 22.3. The van der Waals surface area contributed by atoms with Gasteiger partial charge in [0.2, 0.25) is 0 Å². The first-order chi connectivity index (χ1) is 10.8. The molecule has 0 saturated heterocycles. The van der Waals surface area contributed by atoms with Gasteiger partial charge in [0.15, 0.2) is 0 Å². The van der Waals surface area contributed by atoms with Crippen molar-refractivity contribution < 1.29 is 38.5 Å². The van der Waals surface area contributed by atoms with E-state index in [4.69, 9.17) is 9.47 Å². The van der Waals surface area contributed by atoms with E-state index in [1.807, 2.05) is 55.4 Å². The summed E-state index contributed by atoms with van der Waals surface area (Å²) in [6, 6.07) is 0. The van der Waals surface area contributed by atoms with Crippen molar-refractivity contribution >= 4 is 11.9 Å². The molecule has 0 radical (unpaired) electrons. The average molecular weight is 408 g/mol. The second-order valence-corrected chi connectivity index (χ2v) is 8.22. The maximum atomic E-state index is 11.3. The van der Waals surface area contributed by atoms with Crippen LogP contribution in [-0.4, -0.2) is 24.1 Å². The molecule has 0 aliphatic heterocycles. The monoisotopic (exact) mass is 406 g/mol. The van der Waals surface area contributed by atoms with E-state index in [9.17, 15) is 9.59 Å². The van der Waals surface area contributed by atoms with E-state index in [2.05, 4.69) is 13.8 Å². The van der Waals surface area contributed by atoms with E-state index in [-0.39, 0.29) is 43.6 Å². The van der Waals surface area contributed by atoms with Crippen molar-refractivity contribution in [1.82, 2.24) is 0 Å². The Morgan fingerprint density at radius 1 is 0.760 bits per heavy atom. The van der Waals surface area contributed by atoms with Gasteiger partial charge in [-0.3, -0.25) is 9.59 Å². The molecule has 5 heteroatoms. The Hall–Kier alpha value is -0.437. The first kappa shape index (κ1) is 29.3. The minimum absolute atomic E-state index is 0. The Morgan fingerprint density at radius 3 is 1.16 bits per heavy atom. The van der Waals surface area contributed by atoms with Crippen LogP contribution in [0.1, 0.15) is 81.1 Å². The Labute approximate surface area is 168 Å². The van der Waals surface area contributed by atoms with Crippen molar-refractivity contribution in [1.29, 1.82) is 0 Å². The largest absolute Gasteiger partial charge is 2.00 e. The number of ether oxygens (including phenoxy) is 2. The first-order valence-corrected chi connectivity index (χ1v) is 8.76. The zero-order valence-corrected chi connectivity index (χ0v) is 20.7. The molecule has 0 heterocycles. The summed E-state index contributed by atoms with van der Waals surface area (Å²) in [4.78, 5) is 22.6. The van der Waals surface area contributed by atoms with Gasteiger partial charge in [-0.15, -0.1) is 0 Å². The zero-order chi connectivity index (χ0) is 19.6. The van der Waals surface area contributed by atoms with Gasteiger partial charge in [0.05, 0.1) is 23.0 Å². The molecule has 0 N–H and O–H groups in total. The van der Waals surface area contributed by atoms with Crippen molar-refractivity contribution in [2.45, 2.75) is 93.3 Å². The molecular formula is C20H38O4Zn. The van der Waals surface area contributed by atoms with Crippen LogP contribution in [0.25, 0.3) is 0 Å². The van der Waals surface area contributed by atoms with E-state index < -0.39 is 10.8 Å². The quantitative estimate of drug-likeness (QED) is 0.347. The third kappa shape index (κ3) is 16.8. The van der Waals surface area contributed by atoms with Gasteiger partial charge in [-0.1, -0.05) is 0 Å². The van der Waals surface area contributed by atoms with Crippen LogP contribution in [0.15, 0.2) is 0 Å². The van der Waals surface area contributed by atoms with E-state index in [0.717, 1.165) is 25.7 Å². The van der Waals surface area contributed by atoms with Gasteiger partial charge in [-0.05, 0) is 68.2 Å². The van der Waals surface area contributed by atoms with Crippen LogP contribution in [0.2, 0.25) is 0 Å². The SMILES string of the molecule is [CH2-]CCC(C)OC(=O)C(C)(C)C.[CH2-]CCC(C)OC(=O)C(C)(C)C.[Zn+2]. The molecule has 144 valence electrons. The molecule has 0 bridgehead atoms. The molecule has 0 spiro atoms. The normalized spacial score (nSPS) is 13.5. The zero-order valence-electron chi connectivity index (χ0n) is 17.7. The van der Waals surface area contributed by atoms with Gasteiger partial charge in [0.1, 0.15) is 0 Å². The van der Waals surface area contributed by atoms with E-state index in [1.165, 1.54) is 0 Å². The number of hydrogen-bond acceptors (Lipinski definition) is 4. The Morgan fingerprint density at radius 2 is 1.00 bits per heavy atom. The molecule has 2 unspecified atom stereocenters. The van der Waals surface area contributed by atoms with Crippen molar-refractivity contribution in [3.63, 3.8) is 0 Å². The molecule has 0 saturated carbocycles. The number of rotatable bonds is 6. The molecule has 25 heavy (non-hydrogen) atoms. The van der Waals surface area contributed by atoms with Crippen LogP contribution in [0, 0.1) is 24.7 Å². The van der Waals surface area contributed by atoms with E-state index >= 15 is 0 Å². The van der Waals surface area contributed by atoms with E-state index in [1.54, 1.807) is 0 Å². The fourth-order valence-corrected chi connectivity index (χ4v) is 1.41. The van der Waals surface area contributed by atoms with Crippen molar-refractivity contribution in [2.24, 2.45) is 10.8 Å². The molecule has 2 atom stereocenters. The summed E-state index contributed by atoms with van der Waals surface area (Å²) in [5.41, 5.74) is -0.787. The summed E-state index contributed by atoms with van der Waals surface area (Å²) in [6.07, 6.45) is 3.27. The first-order valence-electron chi connectivity index (χ1n) is 8.76. The maximum absolute atomic E-state index is 11.3. The second kappa shape index (κ2) is 13.7. The Kier molecular flexibility index (Phi) is 16.1. The number of carbonyl (C=O) groups is 2. The minimum atomic E-state index is -0.393. The second-order valence-electron chi connectivity index (χ2n) is 8.22. The summed E-state index contributed by atoms with van der Waals surface area (Å²) in [7, 11) is 0. The summed E-state index contributed by atoms with van der Waals surface area (Å²) >= 11 is 0. The molecule has 0 aliphatic rings. The maximum Gasteiger partial charge on any atom is 2.00 e. The number of hydrogen-bond donors (Lipinski definition) is 0. The molecule has 0 fully saturated rings. The van der Waals surface area contributed by atoms with Crippen LogP contribution >= 0.6 is 0 Å². The standard InChI is InChI=1S/2C10H19O2.Zn/c2*1-6-7-8(2)12-9(11)10(3,4)5;/h2*8H,1,6-7H2,2-5H3;/q2*-1;+2. The molecular weight excluding hydrogens is 370 g/mol. The predicted molar refractivity (Wildman–Crippen MR) is 99.2 cm³/mol. The van der Waals surface area contributed by atoms with Crippen LogP contribution in [0.3, 0.4) is 0 Å². The summed E-state index contributed by atoms with van der Waals surface area (Å²) in [5.74, 6) is -0.271. The van der Waals surface area contributed by atoms with Gasteiger partial charge in [-0.2, -0.15) is 12.8 Å². The molecule has 0 aromatic rings. The molecule has 0 aromatic carbocycles. The third-order valence-electron chi connectivity index (χ3n) is 3.06. The van der Waals surface area contributed by atoms with Crippen LogP contribution < -0.4 is 0 Å². The minimum Gasteiger partial charge on any atom is -0.462 e. The summed E-state index contributed by atoms with van der Waals surface area (Å²) in [5, 5.41) is 0. The predicted octanol–water partition coefficient (Wildman–Crippen LogP) is 5.15. The average Bonchev–Trinajstić information content (AvgIpc) is 2.37. The van der Waals surface area contributed by atoms with Crippen molar-refractivity contribution in [3.8, 4) is 0 Å². The fraction of sp³-hybridized carbons (Fsp3) is 0.800. The molecule has 0 amide bonds. The fourth-order valence-electron chi connectivity index (χ4n) is 1.41. The number of esters is 2. The van der Waals surface area contributed by atoms with Crippen LogP contribution in [0.4, 0.5) is 0 Å². The van der Waals surface area contributed by atoms with Crippen molar-refractivity contribution in [2.75, 3.05) is 0 Å². The topological polar surface area (TPSA) is 52.6 Å². The molecule has 0 rings (SSSR count). The summed E-state index contributed by atoms with van der Waals surface area (Å²) < 4.78 is 10.4. The third-order valence-corrected chi connectivity index (χ3v) is 3.06. The number of carbonyl (C=O) groups excluding carboxylic acids is 2. The van der Waals surface area contributed by atoms with Gasteiger partial charge in [-0.25, -0.2) is 0 Å².